The number of unbranched alkanes of at least 4 members (excludes halogenated alkanes) is 2. The van der Waals surface area contributed by atoms with Gasteiger partial charge in [0.05, 0.1) is 18.1 Å². The van der Waals surface area contributed by atoms with Crippen molar-refractivity contribution in [2.45, 2.75) is 77.0 Å². The van der Waals surface area contributed by atoms with Gasteiger partial charge >= 0.3 is 0 Å². The molecule has 0 spiro atoms. The highest BCUT2D eigenvalue weighted by molar-refractivity contribution is 5.37. The Morgan fingerprint density at radius 1 is 1.09 bits per heavy atom. The molecule has 0 bridgehead atoms. The van der Waals surface area contributed by atoms with Crippen molar-refractivity contribution in [2.24, 2.45) is 5.92 Å². The minimum Gasteiger partial charge on any atom is -0.494 e. The van der Waals surface area contributed by atoms with Crippen molar-refractivity contribution in [3.05, 3.63) is 29.8 Å². The monoisotopic (exact) mass is 313 g/mol. The zero-order valence-corrected chi connectivity index (χ0v) is 14.8. The lowest BCUT2D eigenvalue weighted by Crippen LogP contribution is -2.30. The molecule has 2 rings (SSSR count). The molecule has 2 nitrogen and oxygen atoms in total. The predicted molar refractivity (Wildman–Crippen MR) is 95.6 cm³/mol. The quantitative estimate of drug-likeness (QED) is 0.551. The number of nitriles is 1. The van der Waals surface area contributed by atoms with E-state index in [0.29, 0.717) is 0 Å². The van der Waals surface area contributed by atoms with Crippen LogP contribution in [0.1, 0.15) is 77.2 Å². The molecule has 0 amide bonds. The molecular formula is C21H31NO. The third-order valence-electron chi connectivity index (χ3n) is 5.27. The first-order chi connectivity index (χ1) is 11.2. The first-order valence-corrected chi connectivity index (χ1v) is 9.38. The lowest BCUT2D eigenvalue weighted by Gasteiger charge is -2.35. The Hall–Kier alpha value is -1.49. The highest BCUT2D eigenvalue weighted by Gasteiger charge is 2.36. The summed E-state index contributed by atoms with van der Waals surface area (Å²) in [5.74, 6) is 1.74. The Morgan fingerprint density at radius 2 is 1.78 bits per heavy atom. The number of nitrogens with zero attached hydrogens (tertiary/aromatic N) is 1. The Bertz CT molecular complexity index is 492. The van der Waals surface area contributed by atoms with Gasteiger partial charge in [0.1, 0.15) is 5.75 Å². The van der Waals surface area contributed by atoms with E-state index >= 15 is 0 Å². The summed E-state index contributed by atoms with van der Waals surface area (Å²) < 4.78 is 5.65. The summed E-state index contributed by atoms with van der Waals surface area (Å²) in [6, 6.07) is 10.9. The van der Waals surface area contributed by atoms with E-state index < -0.39 is 0 Å². The molecule has 0 atom stereocenters. The number of rotatable bonds is 8. The lowest BCUT2D eigenvalue weighted by atomic mass is 9.67. The highest BCUT2D eigenvalue weighted by atomic mass is 16.5. The van der Waals surface area contributed by atoms with Gasteiger partial charge in [-0.1, -0.05) is 51.7 Å². The standard InChI is InChI=1S/C21H31NO/c1-3-5-6-7-18-12-14-21(17-22,15-13-18)19-8-10-20(11-9-19)23-16-4-2/h8-11,18H,3-7,12-16H2,1-2H3/t18-,21+. The molecule has 2 heteroatoms. The van der Waals surface area contributed by atoms with Gasteiger partial charge in [0.15, 0.2) is 0 Å². The van der Waals surface area contributed by atoms with Crippen LogP contribution in [0.15, 0.2) is 24.3 Å². The van der Waals surface area contributed by atoms with Crippen LogP contribution in [0.3, 0.4) is 0 Å². The minimum atomic E-state index is -0.273. The van der Waals surface area contributed by atoms with Crippen molar-refractivity contribution >= 4 is 0 Å². The maximum atomic E-state index is 9.82. The summed E-state index contributed by atoms with van der Waals surface area (Å²) in [5, 5.41) is 9.82. The van der Waals surface area contributed by atoms with Crippen LogP contribution in [0.25, 0.3) is 0 Å². The second kappa shape index (κ2) is 8.96. The minimum absolute atomic E-state index is 0.273. The molecule has 126 valence electrons. The summed E-state index contributed by atoms with van der Waals surface area (Å²) in [4.78, 5) is 0. The van der Waals surface area contributed by atoms with Crippen molar-refractivity contribution in [1.29, 1.82) is 5.26 Å². The van der Waals surface area contributed by atoms with Crippen molar-refractivity contribution in [2.75, 3.05) is 6.61 Å². The molecule has 1 aromatic rings. The van der Waals surface area contributed by atoms with E-state index in [1.54, 1.807) is 0 Å². The SMILES string of the molecule is CCCCC[C@H]1CC[C@@](C#N)(c2ccc(OCCC)cc2)CC1. The lowest BCUT2D eigenvalue weighted by molar-refractivity contribution is 0.261. The van der Waals surface area contributed by atoms with Crippen LogP contribution in [0.2, 0.25) is 0 Å². The van der Waals surface area contributed by atoms with Crippen LogP contribution in [0.4, 0.5) is 0 Å². The van der Waals surface area contributed by atoms with Crippen molar-refractivity contribution in [3.63, 3.8) is 0 Å². The summed E-state index contributed by atoms with van der Waals surface area (Å²) in [6.45, 7) is 5.12. The van der Waals surface area contributed by atoms with Crippen LogP contribution in [-0.4, -0.2) is 6.61 Å². The van der Waals surface area contributed by atoms with Crippen LogP contribution >= 0.6 is 0 Å². The van der Waals surface area contributed by atoms with Gasteiger partial charge < -0.3 is 4.74 Å². The van der Waals surface area contributed by atoms with Crippen molar-refractivity contribution < 1.29 is 4.74 Å². The van der Waals surface area contributed by atoms with E-state index in [0.717, 1.165) is 37.5 Å². The first kappa shape index (κ1) is 17.9. The van der Waals surface area contributed by atoms with E-state index in [2.05, 4.69) is 32.0 Å². The van der Waals surface area contributed by atoms with Gasteiger partial charge in [-0.3, -0.25) is 0 Å². The highest BCUT2D eigenvalue weighted by Crippen LogP contribution is 2.42. The fraction of sp³-hybridized carbons (Fsp3) is 0.667. The van der Waals surface area contributed by atoms with E-state index in [4.69, 9.17) is 4.74 Å². The van der Waals surface area contributed by atoms with Crippen LogP contribution in [0, 0.1) is 17.2 Å². The molecule has 0 saturated heterocycles. The van der Waals surface area contributed by atoms with Gasteiger partial charge in [0.2, 0.25) is 0 Å². The van der Waals surface area contributed by atoms with Crippen LogP contribution in [0.5, 0.6) is 5.75 Å². The summed E-state index contributed by atoms with van der Waals surface area (Å²) in [7, 11) is 0. The summed E-state index contributed by atoms with van der Waals surface area (Å²) in [6.07, 6.45) is 10.8. The smallest absolute Gasteiger partial charge is 0.119 e. The topological polar surface area (TPSA) is 33.0 Å². The fourth-order valence-corrected chi connectivity index (χ4v) is 3.70. The maximum absolute atomic E-state index is 9.82. The Labute approximate surface area is 141 Å². The Kier molecular flexibility index (Phi) is 6.96. The molecule has 1 saturated carbocycles. The molecule has 0 aliphatic heterocycles. The van der Waals surface area contributed by atoms with Crippen molar-refractivity contribution in [1.82, 2.24) is 0 Å². The summed E-state index contributed by atoms with van der Waals surface area (Å²) >= 11 is 0. The third-order valence-corrected chi connectivity index (χ3v) is 5.27. The van der Waals surface area contributed by atoms with Gasteiger partial charge in [0.25, 0.3) is 0 Å². The molecular weight excluding hydrogens is 282 g/mol. The maximum Gasteiger partial charge on any atom is 0.119 e. The van der Waals surface area contributed by atoms with E-state index in [-0.39, 0.29) is 5.41 Å². The van der Waals surface area contributed by atoms with Gasteiger partial charge in [-0.15, -0.1) is 0 Å². The number of ether oxygens (including phenoxy) is 1. The summed E-state index contributed by atoms with van der Waals surface area (Å²) in [5.41, 5.74) is 0.903. The fourth-order valence-electron chi connectivity index (χ4n) is 3.70. The predicted octanol–water partition coefficient (Wildman–Crippen LogP) is 6.01. The zero-order valence-electron chi connectivity index (χ0n) is 14.8. The molecule has 23 heavy (non-hydrogen) atoms. The van der Waals surface area contributed by atoms with E-state index in [1.807, 2.05) is 12.1 Å². The molecule has 0 N–H and O–H groups in total. The first-order valence-electron chi connectivity index (χ1n) is 9.38. The molecule has 0 heterocycles. The zero-order chi connectivity index (χ0) is 16.5. The third kappa shape index (κ3) is 4.74. The largest absolute Gasteiger partial charge is 0.494 e. The molecule has 1 aliphatic rings. The van der Waals surface area contributed by atoms with Crippen molar-refractivity contribution in [3.8, 4) is 11.8 Å². The molecule has 1 fully saturated rings. The number of benzene rings is 1. The van der Waals surface area contributed by atoms with E-state index in [1.165, 1.54) is 44.1 Å². The second-order valence-electron chi connectivity index (χ2n) is 7.01. The molecule has 1 aliphatic carbocycles. The molecule has 0 aromatic heterocycles. The number of hydrogen-bond acceptors (Lipinski definition) is 2. The van der Waals surface area contributed by atoms with Crippen LogP contribution < -0.4 is 4.74 Å². The molecule has 1 aromatic carbocycles. The van der Waals surface area contributed by atoms with Gasteiger partial charge in [-0.2, -0.15) is 5.26 Å². The van der Waals surface area contributed by atoms with E-state index in [9.17, 15) is 5.26 Å². The Balaban J connectivity index is 1.95. The average Bonchev–Trinajstić information content (AvgIpc) is 2.61. The molecule has 0 radical (unpaired) electrons. The van der Waals surface area contributed by atoms with Crippen LogP contribution in [-0.2, 0) is 5.41 Å². The van der Waals surface area contributed by atoms with Gasteiger partial charge in [-0.05, 0) is 55.7 Å². The Morgan fingerprint density at radius 3 is 2.35 bits per heavy atom. The van der Waals surface area contributed by atoms with Gasteiger partial charge in [0, 0.05) is 0 Å². The number of hydrogen-bond donors (Lipinski definition) is 0. The molecule has 0 unspecified atom stereocenters. The van der Waals surface area contributed by atoms with Gasteiger partial charge in [-0.25, -0.2) is 0 Å². The second-order valence-corrected chi connectivity index (χ2v) is 7.01. The average molecular weight is 313 g/mol. The normalized spacial score (nSPS) is 24.1.